The normalized spacial score (nSPS) is 13.1. The average Bonchev–Trinajstić information content (AvgIpc) is 3.60. The predicted octanol–water partition coefficient (Wildman–Crippen LogP) is 4.47. The molecule has 0 bridgehead atoms. The molecule has 2 aromatic carbocycles. The summed E-state index contributed by atoms with van der Waals surface area (Å²) in [5.41, 5.74) is 5.94. The first-order chi connectivity index (χ1) is 19.4. The second kappa shape index (κ2) is 10.1. The molecule has 0 saturated carbocycles. The molecule has 0 aliphatic carbocycles. The zero-order valence-electron chi connectivity index (χ0n) is 22.5. The van der Waals surface area contributed by atoms with Crippen LogP contribution in [0.25, 0.3) is 33.5 Å². The Morgan fingerprint density at radius 1 is 1.18 bits per heavy atom. The van der Waals surface area contributed by atoms with Crippen LogP contribution in [-0.4, -0.2) is 66.2 Å². The molecule has 0 unspecified atom stereocenters. The number of amides is 1. The average molecular weight is 541 g/mol. The highest BCUT2D eigenvalue weighted by atomic mass is 19.1. The monoisotopic (exact) mass is 540 g/mol. The highest BCUT2D eigenvalue weighted by Gasteiger charge is 2.27. The zero-order valence-corrected chi connectivity index (χ0v) is 22.5. The molecule has 0 radical (unpaired) electrons. The molecule has 0 spiro atoms. The fraction of sp³-hybridized carbons (Fsp3) is 0.276. The number of aromatic amines is 2. The molecule has 1 aliphatic rings. The lowest BCUT2D eigenvalue weighted by molar-refractivity contribution is 0.0725. The van der Waals surface area contributed by atoms with Crippen molar-refractivity contribution < 1.29 is 14.3 Å². The number of carbonyl (C=O) groups is 1. The minimum Gasteiger partial charge on any atom is -0.505 e. The molecule has 10 nitrogen and oxygen atoms in total. The Morgan fingerprint density at radius 3 is 2.77 bits per heavy atom. The largest absolute Gasteiger partial charge is 0.505 e. The summed E-state index contributed by atoms with van der Waals surface area (Å²) in [6.07, 6.45) is 4.41. The molecule has 5 aromatic rings. The third-order valence-corrected chi connectivity index (χ3v) is 7.49. The van der Waals surface area contributed by atoms with Gasteiger partial charge >= 0.3 is 0 Å². The number of aromatic hydroxyl groups is 1. The SMILES string of the molecule is CCc1cc(O)c(F)cc1-c1ccc2c(-c3nc4c([nH]3)CN(C(=O)c3cnc(N(C)CC)cn3)CC4)n[nH]c2c1. The zero-order chi connectivity index (χ0) is 28.0. The first-order valence-corrected chi connectivity index (χ1v) is 13.3. The van der Waals surface area contributed by atoms with E-state index in [1.165, 1.54) is 18.3 Å². The van der Waals surface area contributed by atoms with Crippen LogP contribution >= 0.6 is 0 Å². The number of nitrogens with zero attached hydrogens (tertiary/aromatic N) is 6. The van der Waals surface area contributed by atoms with Crippen LogP contribution in [0.3, 0.4) is 0 Å². The molecule has 0 fully saturated rings. The van der Waals surface area contributed by atoms with Gasteiger partial charge in [0.15, 0.2) is 17.4 Å². The number of imidazole rings is 1. The summed E-state index contributed by atoms with van der Waals surface area (Å²) in [7, 11) is 1.92. The molecular weight excluding hydrogens is 511 g/mol. The van der Waals surface area contributed by atoms with Crippen LogP contribution < -0.4 is 4.90 Å². The molecule has 6 rings (SSSR count). The standard InChI is InChI=1S/C29H29FN8O2/c1-4-16-11-25(39)20(30)12-19(16)17-6-7-18-22(10-17)35-36-27(18)28-33-21-8-9-38(15-24(21)34-28)29(40)23-13-32-26(14-31-23)37(3)5-2/h6-7,10-14,39H,4-5,8-9,15H2,1-3H3,(H,33,34)(H,35,36). The molecule has 4 heterocycles. The maximum Gasteiger partial charge on any atom is 0.274 e. The van der Waals surface area contributed by atoms with E-state index in [0.717, 1.165) is 51.3 Å². The Kier molecular flexibility index (Phi) is 6.41. The van der Waals surface area contributed by atoms with Crippen molar-refractivity contribution in [1.82, 2.24) is 35.0 Å². The summed E-state index contributed by atoms with van der Waals surface area (Å²) in [6.45, 7) is 5.70. The van der Waals surface area contributed by atoms with Crippen molar-refractivity contribution in [3.05, 3.63) is 71.2 Å². The summed E-state index contributed by atoms with van der Waals surface area (Å²) in [5.74, 6) is 0.167. The van der Waals surface area contributed by atoms with E-state index < -0.39 is 5.82 Å². The molecule has 3 aromatic heterocycles. The van der Waals surface area contributed by atoms with Gasteiger partial charge in [0.25, 0.3) is 5.91 Å². The summed E-state index contributed by atoms with van der Waals surface area (Å²) in [4.78, 5) is 33.7. The highest BCUT2D eigenvalue weighted by Crippen LogP contribution is 2.34. The number of halogens is 1. The van der Waals surface area contributed by atoms with Crippen molar-refractivity contribution in [1.29, 1.82) is 0 Å². The van der Waals surface area contributed by atoms with Crippen molar-refractivity contribution in [2.75, 3.05) is 25.0 Å². The van der Waals surface area contributed by atoms with Crippen LogP contribution in [0.5, 0.6) is 5.75 Å². The number of hydrogen-bond acceptors (Lipinski definition) is 7. The number of H-pyrrole nitrogens is 2. The van der Waals surface area contributed by atoms with Crippen molar-refractivity contribution in [3.63, 3.8) is 0 Å². The topological polar surface area (TPSA) is 127 Å². The van der Waals surface area contributed by atoms with E-state index in [1.807, 2.05) is 44.0 Å². The van der Waals surface area contributed by atoms with Crippen molar-refractivity contribution in [2.45, 2.75) is 33.2 Å². The van der Waals surface area contributed by atoms with Crippen LogP contribution in [0, 0.1) is 5.82 Å². The van der Waals surface area contributed by atoms with Gasteiger partial charge in [-0.25, -0.2) is 19.3 Å². The molecule has 0 saturated heterocycles. The number of anilines is 1. The van der Waals surface area contributed by atoms with Gasteiger partial charge in [-0.3, -0.25) is 9.89 Å². The van der Waals surface area contributed by atoms with Crippen LogP contribution in [0.1, 0.15) is 41.3 Å². The molecule has 40 heavy (non-hydrogen) atoms. The number of fused-ring (bicyclic) bond motifs is 2. The van der Waals surface area contributed by atoms with Crippen LogP contribution in [0.4, 0.5) is 10.2 Å². The first kappa shape index (κ1) is 25.5. The van der Waals surface area contributed by atoms with Crippen LogP contribution in [0.2, 0.25) is 0 Å². The number of phenolic OH excluding ortho intramolecular Hbond substituents is 1. The summed E-state index contributed by atoms with van der Waals surface area (Å²) >= 11 is 0. The Balaban J connectivity index is 1.24. The fourth-order valence-electron chi connectivity index (χ4n) is 5.07. The second-order valence-corrected chi connectivity index (χ2v) is 9.91. The smallest absolute Gasteiger partial charge is 0.274 e. The van der Waals surface area contributed by atoms with Gasteiger partial charge in [-0.05, 0) is 54.3 Å². The van der Waals surface area contributed by atoms with E-state index in [-0.39, 0.29) is 11.7 Å². The van der Waals surface area contributed by atoms with Gasteiger partial charge in [0.1, 0.15) is 17.2 Å². The lowest BCUT2D eigenvalue weighted by atomic mass is 9.96. The fourth-order valence-corrected chi connectivity index (χ4v) is 5.07. The minimum atomic E-state index is -0.653. The number of hydrogen-bond donors (Lipinski definition) is 3. The number of phenols is 1. The third-order valence-electron chi connectivity index (χ3n) is 7.49. The lowest BCUT2D eigenvalue weighted by Crippen LogP contribution is -2.36. The number of carbonyl (C=O) groups excluding carboxylic acids is 1. The summed E-state index contributed by atoms with van der Waals surface area (Å²) < 4.78 is 14.1. The minimum absolute atomic E-state index is 0.171. The summed E-state index contributed by atoms with van der Waals surface area (Å²) in [5, 5.41) is 18.2. The van der Waals surface area contributed by atoms with Crippen LogP contribution in [-0.2, 0) is 19.4 Å². The van der Waals surface area contributed by atoms with Crippen LogP contribution in [0.15, 0.2) is 42.7 Å². The maximum atomic E-state index is 14.1. The molecule has 0 atom stereocenters. The molecule has 204 valence electrons. The van der Waals surface area contributed by atoms with E-state index in [9.17, 15) is 14.3 Å². The number of rotatable bonds is 6. The third kappa shape index (κ3) is 4.42. The number of nitrogens with one attached hydrogen (secondary N) is 2. The molecule has 3 N–H and O–H groups in total. The van der Waals surface area contributed by atoms with E-state index in [4.69, 9.17) is 4.98 Å². The van der Waals surface area contributed by atoms with Gasteiger partial charge in [0.05, 0.1) is 35.8 Å². The maximum absolute atomic E-state index is 14.1. The number of aryl methyl sites for hydroxylation is 1. The second-order valence-electron chi connectivity index (χ2n) is 9.91. The van der Waals surface area contributed by atoms with Gasteiger partial charge in [-0.1, -0.05) is 13.0 Å². The van der Waals surface area contributed by atoms with Gasteiger partial charge < -0.3 is 19.9 Å². The molecule has 1 amide bonds. The Morgan fingerprint density at radius 2 is 2.02 bits per heavy atom. The predicted molar refractivity (Wildman–Crippen MR) is 150 cm³/mol. The van der Waals surface area contributed by atoms with Crippen molar-refractivity contribution in [2.24, 2.45) is 0 Å². The Hall–Kier alpha value is -4.80. The molecule has 11 heteroatoms. The molecule has 1 aliphatic heterocycles. The lowest BCUT2D eigenvalue weighted by Gasteiger charge is -2.25. The van der Waals surface area contributed by atoms with E-state index in [1.54, 1.807) is 11.1 Å². The Labute approximate surface area is 229 Å². The van der Waals surface area contributed by atoms with Crippen molar-refractivity contribution in [3.8, 4) is 28.4 Å². The Bertz CT molecular complexity index is 1730. The molecular formula is C29H29FN8O2. The van der Waals surface area contributed by atoms with E-state index >= 15 is 0 Å². The van der Waals surface area contributed by atoms with Gasteiger partial charge in [-0.15, -0.1) is 0 Å². The quantitative estimate of drug-likeness (QED) is 0.290. The number of benzene rings is 2. The van der Waals surface area contributed by atoms with E-state index in [0.29, 0.717) is 43.1 Å². The first-order valence-electron chi connectivity index (χ1n) is 13.3. The number of aromatic nitrogens is 6. The van der Waals surface area contributed by atoms with Crippen molar-refractivity contribution >= 4 is 22.6 Å². The van der Waals surface area contributed by atoms with Gasteiger partial charge in [-0.2, -0.15) is 5.10 Å². The summed E-state index contributed by atoms with van der Waals surface area (Å²) in [6, 6.07) is 8.61. The van der Waals surface area contributed by atoms with Gasteiger partial charge in [0.2, 0.25) is 0 Å². The van der Waals surface area contributed by atoms with E-state index in [2.05, 4.69) is 25.1 Å². The van der Waals surface area contributed by atoms with Gasteiger partial charge in [0, 0.05) is 31.9 Å². The highest BCUT2D eigenvalue weighted by molar-refractivity contribution is 5.94.